The summed E-state index contributed by atoms with van der Waals surface area (Å²) in [4.78, 5) is 0. The monoisotopic (exact) mass is 344 g/mol. The van der Waals surface area contributed by atoms with Crippen LogP contribution in [0.3, 0.4) is 0 Å². The molecule has 3 heterocycles. The first-order valence-electron chi connectivity index (χ1n) is 7.86. The Kier molecular flexibility index (Phi) is 2.82. The highest BCUT2D eigenvalue weighted by Gasteiger charge is 2.54. The number of aliphatic hydroxyl groups is 1. The molecule has 2 atom stereocenters. The minimum atomic E-state index is -1.32. The molecule has 0 unspecified atom stereocenters. The van der Waals surface area contributed by atoms with E-state index in [1.54, 1.807) is 38.5 Å². The van der Waals surface area contributed by atoms with Gasteiger partial charge in [0.15, 0.2) is 34.7 Å². The Balaban J connectivity index is 1.64. The van der Waals surface area contributed by atoms with E-state index in [1.807, 2.05) is 0 Å². The van der Waals surface area contributed by atoms with Crippen LogP contribution in [0, 0.1) is 0 Å². The molecular weight excluding hydrogens is 328 g/mol. The first kappa shape index (κ1) is 14.5. The maximum atomic E-state index is 11.3. The van der Waals surface area contributed by atoms with E-state index in [4.69, 9.17) is 28.4 Å². The number of methoxy groups -OCH3 is 2. The predicted molar refractivity (Wildman–Crippen MR) is 84.9 cm³/mol. The van der Waals surface area contributed by atoms with Crippen molar-refractivity contribution in [3.8, 4) is 34.5 Å². The predicted octanol–water partition coefficient (Wildman–Crippen LogP) is 2.15. The third kappa shape index (κ3) is 1.84. The van der Waals surface area contributed by atoms with E-state index in [9.17, 15) is 5.11 Å². The van der Waals surface area contributed by atoms with Crippen LogP contribution in [-0.4, -0.2) is 32.7 Å². The van der Waals surface area contributed by atoms with Crippen molar-refractivity contribution >= 4 is 0 Å². The molecule has 3 aliphatic heterocycles. The van der Waals surface area contributed by atoms with Gasteiger partial charge in [0.05, 0.1) is 14.2 Å². The SMILES string of the molecule is COc1cc2c(cc1OC)[C@@H]1Oc3cc4c(cc3[C@]1(O)CO2)OCO4. The molecule has 3 aliphatic rings. The van der Waals surface area contributed by atoms with Gasteiger partial charge in [-0.2, -0.15) is 0 Å². The quantitative estimate of drug-likeness (QED) is 0.894. The van der Waals surface area contributed by atoms with Crippen molar-refractivity contribution in [1.82, 2.24) is 0 Å². The fraction of sp³-hybridized carbons (Fsp3) is 0.333. The molecule has 0 amide bonds. The van der Waals surface area contributed by atoms with Crippen molar-refractivity contribution in [2.45, 2.75) is 11.7 Å². The molecule has 2 aromatic rings. The second-order valence-corrected chi connectivity index (χ2v) is 6.16. The summed E-state index contributed by atoms with van der Waals surface area (Å²) in [6, 6.07) is 7.02. The average molecular weight is 344 g/mol. The van der Waals surface area contributed by atoms with Crippen LogP contribution >= 0.6 is 0 Å². The van der Waals surface area contributed by atoms with Gasteiger partial charge in [-0.05, 0) is 12.1 Å². The lowest BCUT2D eigenvalue weighted by molar-refractivity contribution is -0.0865. The molecule has 0 saturated carbocycles. The van der Waals surface area contributed by atoms with Crippen LogP contribution < -0.4 is 28.4 Å². The molecule has 0 saturated heterocycles. The molecule has 0 spiro atoms. The van der Waals surface area contributed by atoms with Crippen LogP contribution in [0.5, 0.6) is 34.5 Å². The second-order valence-electron chi connectivity index (χ2n) is 6.16. The Morgan fingerprint density at radius 2 is 1.64 bits per heavy atom. The molecule has 0 aromatic heterocycles. The Morgan fingerprint density at radius 3 is 2.40 bits per heavy atom. The average Bonchev–Trinajstić information content (AvgIpc) is 3.20. The van der Waals surface area contributed by atoms with E-state index in [1.165, 1.54) is 0 Å². The second kappa shape index (κ2) is 4.86. The molecule has 25 heavy (non-hydrogen) atoms. The van der Waals surface area contributed by atoms with E-state index in [2.05, 4.69) is 0 Å². The van der Waals surface area contributed by atoms with Crippen molar-refractivity contribution in [3.63, 3.8) is 0 Å². The summed E-state index contributed by atoms with van der Waals surface area (Å²) in [5, 5.41) is 11.3. The van der Waals surface area contributed by atoms with Gasteiger partial charge in [0, 0.05) is 23.3 Å². The first-order valence-corrected chi connectivity index (χ1v) is 7.86. The number of benzene rings is 2. The Labute approximate surface area is 143 Å². The molecule has 0 fully saturated rings. The molecule has 7 nitrogen and oxygen atoms in total. The zero-order valence-corrected chi connectivity index (χ0v) is 13.7. The van der Waals surface area contributed by atoms with Crippen LogP contribution in [0.15, 0.2) is 24.3 Å². The van der Waals surface area contributed by atoms with Crippen LogP contribution in [0.25, 0.3) is 0 Å². The number of rotatable bonds is 2. The van der Waals surface area contributed by atoms with Crippen LogP contribution in [-0.2, 0) is 5.60 Å². The van der Waals surface area contributed by atoms with Crippen molar-refractivity contribution < 1.29 is 33.5 Å². The third-order valence-corrected chi connectivity index (χ3v) is 4.87. The molecule has 2 aromatic carbocycles. The fourth-order valence-electron chi connectivity index (χ4n) is 3.59. The van der Waals surface area contributed by atoms with Gasteiger partial charge in [-0.3, -0.25) is 0 Å². The molecule has 0 radical (unpaired) electrons. The Morgan fingerprint density at radius 1 is 0.920 bits per heavy atom. The van der Waals surface area contributed by atoms with Crippen LogP contribution in [0.4, 0.5) is 0 Å². The maximum Gasteiger partial charge on any atom is 0.231 e. The lowest BCUT2D eigenvalue weighted by Crippen LogP contribution is -2.41. The lowest BCUT2D eigenvalue weighted by Gasteiger charge is -2.35. The van der Waals surface area contributed by atoms with Gasteiger partial charge in [-0.15, -0.1) is 0 Å². The number of hydrogen-bond acceptors (Lipinski definition) is 7. The van der Waals surface area contributed by atoms with Crippen LogP contribution in [0.1, 0.15) is 17.2 Å². The molecule has 0 aliphatic carbocycles. The smallest absolute Gasteiger partial charge is 0.231 e. The van der Waals surface area contributed by atoms with Crippen molar-refractivity contribution in [2.24, 2.45) is 0 Å². The lowest BCUT2D eigenvalue weighted by atomic mass is 9.84. The minimum absolute atomic E-state index is 0.0623. The summed E-state index contributed by atoms with van der Waals surface area (Å²) in [5.41, 5.74) is 0.00917. The van der Waals surface area contributed by atoms with Gasteiger partial charge in [0.2, 0.25) is 6.79 Å². The largest absolute Gasteiger partial charge is 0.493 e. The fourth-order valence-corrected chi connectivity index (χ4v) is 3.59. The summed E-state index contributed by atoms with van der Waals surface area (Å²) >= 11 is 0. The van der Waals surface area contributed by atoms with E-state index >= 15 is 0 Å². The zero-order valence-electron chi connectivity index (χ0n) is 13.7. The first-order chi connectivity index (χ1) is 12.1. The number of ether oxygens (including phenoxy) is 6. The summed E-state index contributed by atoms with van der Waals surface area (Å²) in [5.74, 6) is 3.46. The standard InChI is InChI=1S/C18H16O7/c1-20-13-3-9-11(5-14(13)21-2)22-7-18(19)10-4-15-16(24-8-23-15)6-12(10)25-17(9)18/h3-6,17,19H,7-8H2,1-2H3/t17-,18+/m0/s1. The summed E-state index contributed by atoms with van der Waals surface area (Å²) in [7, 11) is 3.12. The molecule has 0 bridgehead atoms. The van der Waals surface area contributed by atoms with Crippen molar-refractivity contribution in [2.75, 3.05) is 27.6 Å². The van der Waals surface area contributed by atoms with Gasteiger partial charge in [-0.1, -0.05) is 0 Å². The highest BCUT2D eigenvalue weighted by molar-refractivity contribution is 5.60. The van der Waals surface area contributed by atoms with Crippen LogP contribution in [0.2, 0.25) is 0 Å². The van der Waals surface area contributed by atoms with Gasteiger partial charge >= 0.3 is 0 Å². The van der Waals surface area contributed by atoms with Gasteiger partial charge in [0.25, 0.3) is 0 Å². The summed E-state index contributed by atoms with van der Waals surface area (Å²) < 4.78 is 33.4. The molecular formula is C18H16O7. The van der Waals surface area contributed by atoms with E-state index in [0.29, 0.717) is 45.6 Å². The number of fused-ring (bicyclic) bond motifs is 6. The van der Waals surface area contributed by atoms with E-state index in [-0.39, 0.29) is 13.4 Å². The maximum absolute atomic E-state index is 11.3. The van der Waals surface area contributed by atoms with E-state index in [0.717, 1.165) is 0 Å². The molecule has 7 heteroatoms. The van der Waals surface area contributed by atoms with Crippen molar-refractivity contribution in [1.29, 1.82) is 0 Å². The Bertz CT molecular complexity index is 878. The molecule has 5 rings (SSSR count). The zero-order chi connectivity index (χ0) is 17.2. The highest BCUT2D eigenvalue weighted by atomic mass is 16.7. The molecule has 130 valence electrons. The number of hydrogen-bond donors (Lipinski definition) is 1. The Hall–Kier alpha value is -2.80. The van der Waals surface area contributed by atoms with Crippen molar-refractivity contribution in [3.05, 3.63) is 35.4 Å². The summed E-state index contributed by atoms with van der Waals surface area (Å²) in [6.07, 6.45) is -0.617. The highest BCUT2D eigenvalue weighted by Crippen LogP contribution is 2.57. The van der Waals surface area contributed by atoms with E-state index < -0.39 is 11.7 Å². The third-order valence-electron chi connectivity index (χ3n) is 4.87. The van der Waals surface area contributed by atoms with Gasteiger partial charge in [-0.25, -0.2) is 0 Å². The van der Waals surface area contributed by atoms with Gasteiger partial charge in [0.1, 0.15) is 18.1 Å². The topological polar surface area (TPSA) is 75.6 Å². The van der Waals surface area contributed by atoms with Gasteiger partial charge < -0.3 is 33.5 Å². The normalized spacial score (nSPS) is 24.5. The molecule has 1 N–H and O–H groups in total. The summed E-state index contributed by atoms with van der Waals surface area (Å²) in [6.45, 7) is 0.225. The minimum Gasteiger partial charge on any atom is -0.493 e.